The highest BCUT2D eigenvalue weighted by Crippen LogP contribution is 2.15. The number of carboxylic acids is 1. The zero-order valence-electron chi connectivity index (χ0n) is 11.0. The van der Waals surface area contributed by atoms with Crippen LogP contribution in [0.3, 0.4) is 0 Å². The summed E-state index contributed by atoms with van der Waals surface area (Å²) < 4.78 is 23.1. The molecule has 1 heterocycles. The largest absolute Gasteiger partial charge is 0.481 e. The van der Waals surface area contributed by atoms with Gasteiger partial charge in [-0.1, -0.05) is 0 Å². The predicted octanol–water partition coefficient (Wildman–Crippen LogP) is -0.914. The highest BCUT2D eigenvalue weighted by Gasteiger charge is 2.32. The Morgan fingerprint density at radius 2 is 2.11 bits per heavy atom. The van der Waals surface area contributed by atoms with E-state index < -0.39 is 21.8 Å². The summed E-state index contributed by atoms with van der Waals surface area (Å²) in [4.78, 5) is 23.7. The summed E-state index contributed by atoms with van der Waals surface area (Å²) in [6.45, 7) is 0.884. The lowest BCUT2D eigenvalue weighted by Crippen LogP contribution is -2.49. The Kier molecular flexibility index (Phi) is 5.74. The van der Waals surface area contributed by atoms with Gasteiger partial charge in [-0.15, -0.1) is 0 Å². The van der Waals surface area contributed by atoms with Crippen LogP contribution in [0.1, 0.15) is 19.3 Å². The molecule has 1 atom stereocenters. The van der Waals surface area contributed by atoms with Crippen molar-refractivity contribution in [3.8, 4) is 0 Å². The van der Waals surface area contributed by atoms with Crippen LogP contribution in [-0.4, -0.2) is 68.0 Å². The highest BCUT2D eigenvalue weighted by molar-refractivity contribution is 7.91. The fourth-order valence-electron chi connectivity index (χ4n) is 2.17. The molecular formula is C11H20N2O5S. The fraction of sp³-hybridized carbons (Fsp3) is 0.818. The molecule has 1 aliphatic heterocycles. The van der Waals surface area contributed by atoms with Crippen LogP contribution in [0.25, 0.3) is 0 Å². The first-order valence-electron chi connectivity index (χ1n) is 6.21. The maximum Gasteiger partial charge on any atom is 0.304 e. The molecule has 110 valence electrons. The minimum atomic E-state index is -3.14. The molecule has 0 aromatic heterocycles. The summed E-state index contributed by atoms with van der Waals surface area (Å²) in [5.41, 5.74) is 0. The monoisotopic (exact) mass is 292 g/mol. The quantitative estimate of drug-likeness (QED) is 0.656. The van der Waals surface area contributed by atoms with Crippen LogP contribution >= 0.6 is 0 Å². The van der Waals surface area contributed by atoms with Gasteiger partial charge in [-0.2, -0.15) is 0 Å². The van der Waals surface area contributed by atoms with Crippen molar-refractivity contribution in [3.05, 3.63) is 0 Å². The number of rotatable bonds is 6. The van der Waals surface area contributed by atoms with Crippen molar-refractivity contribution in [2.24, 2.45) is 0 Å². The summed E-state index contributed by atoms with van der Waals surface area (Å²) in [6, 6.07) is -0.485. The Hall–Kier alpha value is -1.15. The Balaban J connectivity index is 2.54. The SMILES string of the molecule is CNC(=O)CCCN1CCS(=O)(=O)CC1CC(=O)O. The minimum Gasteiger partial charge on any atom is -0.481 e. The van der Waals surface area contributed by atoms with E-state index in [1.807, 2.05) is 4.90 Å². The smallest absolute Gasteiger partial charge is 0.304 e. The molecule has 0 aromatic rings. The van der Waals surface area contributed by atoms with Crippen LogP contribution in [0.5, 0.6) is 0 Å². The van der Waals surface area contributed by atoms with Gasteiger partial charge in [-0.25, -0.2) is 8.42 Å². The second-order valence-electron chi connectivity index (χ2n) is 4.68. The number of nitrogens with zero attached hydrogens (tertiary/aromatic N) is 1. The molecule has 0 radical (unpaired) electrons. The lowest BCUT2D eigenvalue weighted by atomic mass is 10.1. The van der Waals surface area contributed by atoms with E-state index in [2.05, 4.69) is 5.32 Å². The number of hydrogen-bond donors (Lipinski definition) is 2. The topological polar surface area (TPSA) is 104 Å². The Labute approximate surface area is 112 Å². The van der Waals surface area contributed by atoms with Crippen molar-refractivity contribution in [2.75, 3.05) is 31.6 Å². The van der Waals surface area contributed by atoms with Gasteiger partial charge in [-0.05, 0) is 13.0 Å². The zero-order chi connectivity index (χ0) is 14.5. The van der Waals surface area contributed by atoms with Gasteiger partial charge in [0.15, 0.2) is 9.84 Å². The number of carbonyl (C=O) groups is 2. The Morgan fingerprint density at radius 3 is 2.68 bits per heavy atom. The normalized spacial score (nSPS) is 22.9. The van der Waals surface area contributed by atoms with Gasteiger partial charge in [0, 0.05) is 26.1 Å². The molecule has 0 saturated carbocycles. The number of sulfone groups is 1. The first kappa shape index (κ1) is 15.9. The lowest BCUT2D eigenvalue weighted by Gasteiger charge is -2.34. The van der Waals surface area contributed by atoms with Crippen LogP contribution in [-0.2, 0) is 19.4 Å². The van der Waals surface area contributed by atoms with Crippen molar-refractivity contribution in [2.45, 2.75) is 25.3 Å². The molecule has 1 rings (SSSR count). The standard InChI is InChI=1S/C11H20N2O5S/c1-12-10(14)3-2-4-13-5-6-19(17,18)8-9(13)7-11(15)16/h9H,2-8H2,1H3,(H,12,14)(H,15,16). The number of aliphatic carboxylic acids is 1. The summed E-state index contributed by atoms with van der Waals surface area (Å²) in [7, 11) is -1.58. The fourth-order valence-corrected chi connectivity index (χ4v) is 3.77. The molecule has 1 saturated heterocycles. The van der Waals surface area contributed by atoms with Crippen LogP contribution in [0, 0.1) is 0 Å². The number of carboxylic acid groups (broad SMARTS) is 1. The molecule has 2 N–H and O–H groups in total. The van der Waals surface area contributed by atoms with Gasteiger partial charge in [0.05, 0.1) is 17.9 Å². The third kappa shape index (κ3) is 5.56. The summed E-state index contributed by atoms with van der Waals surface area (Å²) >= 11 is 0. The maximum absolute atomic E-state index is 11.5. The second-order valence-corrected chi connectivity index (χ2v) is 6.91. The lowest BCUT2D eigenvalue weighted by molar-refractivity contribution is -0.138. The van der Waals surface area contributed by atoms with E-state index in [1.165, 1.54) is 0 Å². The number of hydrogen-bond acceptors (Lipinski definition) is 5. The third-order valence-electron chi connectivity index (χ3n) is 3.19. The Bertz CT molecular complexity index is 434. The average Bonchev–Trinajstić information content (AvgIpc) is 2.30. The molecule has 1 aliphatic rings. The molecule has 19 heavy (non-hydrogen) atoms. The van der Waals surface area contributed by atoms with Crippen molar-refractivity contribution in [3.63, 3.8) is 0 Å². The van der Waals surface area contributed by atoms with E-state index in [0.717, 1.165) is 0 Å². The van der Waals surface area contributed by atoms with Gasteiger partial charge in [0.1, 0.15) is 0 Å². The zero-order valence-corrected chi connectivity index (χ0v) is 11.8. The van der Waals surface area contributed by atoms with E-state index in [1.54, 1.807) is 7.05 Å². The van der Waals surface area contributed by atoms with Crippen LogP contribution in [0.2, 0.25) is 0 Å². The molecule has 0 aliphatic carbocycles. The number of nitrogens with one attached hydrogen (secondary N) is 1. The molecule has 1 amide bonds. The third-order valence-corrected chi connectivity index (χ3v) is 4.89. The molecular weight excluding hydrogens is 272 g/mol. The Morgan fingerprint density at radius 1 is 1.42 bits per heavy atom. The molecule has 0 bridgehead atoms. The van der Waals surface area contributed by atoms with Crippen molar-refractivity contribution in [1.82, 2.24) is 10.2 Å². The van der Waals surface area contributed by atoms with E-state index in [-0.39, 0.29) is 23.8 Å². The van der Waals surface area contributed by atoms with Crippen molar-refractivity contribution in [1.29, 1.82) is 0 Å². The molecule has 7 nitrogen and oxygen atoms in total. The second kappa shape index (κ2) is 6.85. The summed E-state index contributed by atoms with van der Waals surface area (Å²) in [6.07, 6.45) is 0.772. The molecule has 1 fully saturated rings. The minimum absolute atomic E-state index is 0.0586. The van der Waals surface area contributed by atoms with Crippen LogP contribution in [0.4, 0.5) is 0 Å². The maximum atomic E-state index is 11.5. The molecule has 0 aromatic carbocycles. The summed E-state index contributed by atoms with van der Waals surface area (Å²) in [5.74, 6) is -1.12. The van der Waals surface area contributed by atoms with Crippen molar-refractivity contribution < 1.29 is 23.1 Å². The molecule has 1 unspecified atom stereocenters. The average molecular weight is 292 g/mol. The predicted molar refractivity (Wildman–Crippen MR) is 69.6 cm³/mol. The highest BCUT2D eigenvalue weighted by atomic mass is 32.2. The van der Waals surface area contributed by atoms with Gasteiger partial charge in [0.2, 0.25) is 5.91 Å². The van der Waals surface area contributed by atoms with Gasteiger partial charge in [0.25, 0.3) is 0 Å². The van der Waals surface area contributed by atoms with Gasteiger partial charge < -0.3 is 10.4 Å². The van der Waals surface area contributed by atoms with E-state index >= 15 is 0 Å². The first-order chi connectivity index (χ1) is 8.84. The van der Waals surface area contributed by atoms with E-state index in [4.69, 9.17) is 5.11 Å². The molecule has 0 spiro atoms. The number of amides is 1. The van der Waals surface area contributed by atoms with Gasteiger partial charge >= 0.3 is 5.97 Å². The van der Waals surface area contributed by atoms with Crippen molar-refractivity contribution >= 4 is 21.7 Å². The number of carbonyl (C=O) groups excluding carboxylic acids is 1. The molecule has 8 heteroatoms. The summed E-state index contributed by atoms with van der Waals surface area (Å²) in [5, 5.41) is 11.3. The van der Waals surface area contributed by atoms with Crippen LogP contribution in [0.15, 0.2) is 0 Å². The van der Waals surface area contributed by atoms with E-state index in [9.17, 15) is 18.0 Å². The first-order valence-corrected chi connectivity index (χ1v) is 8.03. The van der Waals surface area contributed by atoms with Crippen LogP contribution < -0.4 is 5.32 Å². The van der Waals surface area contributed by atoms with E-state index in [0.29, 0.717) is 25.9 Å². The van der Waals surface area contributed by atoms with Gasteiger partial charge in [-0.3, -0.25) is 14.5 Å².